The van der Waals surface area contributed by atoms with Crippen molar-refractivity contribution < 1.29 is 14.6 Å². The molecule has 202 valence electrons. The Labute approximate surface area is 244 Å². The van der Waals surface area contributed by atoms with E-state index in [2.05, 4.69) is 22.1 Å². The number of benzene rings is 4. The summed E-state index contributed by atoms with van der Waals surface area (Å²) in [7, 11) is 0. The number of thiocarbonyl (C=S) groups is 1. The van der Waals surface area contributed by atoms with Crippen LogP contribution < -0.4 is 9.47 Å². The van der Waals surface area contributed by atoms with Crippen LogP contribution in [0.25, 0.3) is 21.8 Å². The molecule has 0 saturated heterocycles. The third-order valence-corrected chi connectivity index (χ3v) is 7.78. The van der Waals surface area contributed by atoms with Crippen LogP contribution in [0.1, 0.15) is 29.4 Å². The minimum Gasteiger partial charge on any atom is -0.501 e. The number of nitrogens with zero attached hydrogens (tertiary/aromatic N) is 2. The van der Waals surface area contributed by atoms with Gasteiger partial charge in [-0.2, -0.15) is 0 Å². The predicted octanol–water partition coefficient (Wildman–Crippen LogP) is 8.13. The molecule has 0 atom stereocenters. The first kappa shape index (κ1) is 26.4. The monoisotopic (exact) mass is 556 g/mol. The molecule has 5 nitrogen and oxygen atoms in total. The number of aliphatic hydroxyl groups is 1. The van der Waals surface area contributed by atoms with Gasteiger partial charge in [0.2, 0.25) is 0 Å². The smallest absolute Gasteiger partial charge is 0.171 e. The highest BCUT2D eigenvalue weighted by atomic mass is 32.1. The molecule has 0 amide bonds. The van der Waals surface area contributed by atoms with Gasteiger partial charge in [0.15, 0.2) is 5.05 Å². The summed E-state index contributed by atoms with van der Waals surface area (Å²) in [4.78, 5) is 9.34. The zero-order valence-electron chi connectivity index (χ0n) is 22.5. The van der Waals surface area contributed by atoms with Gasteiger partial charge in [-0.3, -0.25) is 0 Å². The zero-order chi connectivity index (χ0) is 28.2. The molecule has 0 aliphatic rings. The quantitative estimate of drug-likeness (QED) is 0.181. The minimum atomic E-state index is -0.883. The largest absolute Gasteiger partial charge is 0.501 e. The summed E-state index contributed by atoms with van der Waals surface area (Å²) < 4.78 is 12.0. The molecule has 0 bridgehead atoms. The summed E-state index contributed by atoms with van der Waals surface area (Å²) >= 11 is 5.34. The van der Waals surface area contributed by atoms with Crippen molar-refractivity contribution in [3.05, 3.63) is 144 Å². The Kier molecular flexibility index (Phi) is 7.32. The Balaban J connectivity index is 1.13. The van der Waals surface area contributed by atoms with Gasteiger partial charge in [0.05, 0.1) is 27.8 Å². The third kappa shape index (κ3) is 5.60. The lowest BCUT2D eigenvalue weighted by atomic mass is 9.77. The van der Waals surface area contributed by atoms with E-state index in [1.54, 1.807) is 0 Å². The van der Waals surface area contributed by atoms with Gasteiger partial charge in [0.25, 0.3) is 0 Å². The Morgan fingerprint density at radius 1 is 0.610 bits per heavy atom. The minimum absolute atomic E-state index is 0.111. The van der Waals surface area contributed by atoms with Crippen molar-refractivity contribution >= 4 is 39.1 Å². The molecular weight excluding hydrogens is 528 g/mol. The van der Waals surface area contributed by atoms with Crippen molar-refractivity contribution in [3.8, 4) is 11.5 Å². The highest BCUT2D eigenvalue weighted by Crippen LogP contribution is 2.35. The van der Waals surface area contributed by atoms with Gasteiger partial charge in [0, 0.05) is 10.8 Å². The number of ether oxygens (including phenoxy) is 2. The van der Waals surface area contributed by atoms with E-state index in [1.807, 2.05) is 116 Å². The molecule has 2 aromatic heterocycles. The summed E-state index contributed by atoms with van der Waals surface area (Å²) in [6, 6.07) is 39.4. The van der Waals surface area contributed by atoms with Crippen LogP contribution in [0.5, 0.6) is 11.5 Å². The lowest BCUT2D eigenvalue weighted by Crippen LogP contribution is -2.32. The molecule has 0 aliphatic heterocycles. The first-order chi connectivity index (χ1) is 20.0. The Bertz CT molecular complexity index is 1710. The number of hydrogen-bond acceptors (Lipinski definition) is 5. The average Bonchev–Trinajstić information content (AvgIpc) is 3.02. The standard InChI is InChI=1S/C35H28N2O3S/c1-35(34(38)41,26-12-18-30(19-13-26)39-22-28-16-10-24-6-2-4-8-32(24)36-28)27-14-20-31(21-15-27)40-23-29-17-11-25-7-3-5-9-33(25)37-29/h2-21H,22-23H2,1H3,(H,38,41). The van der Waals surface area contributed by atoms with Gasteiger partial charge in [-0.1, -0.05) is 72.8 Å². The first-order valence-electron chi connectivity index (χ1n) is 13.4. The van der Waals surface area contributed by atoms with Crippen LogP contribution in [0.2, 0.25) is 0 Å². The zero-order valence-corrected chi connectivity index (χ0v) is 23.3. The number of para-hydroxylation sites is 2. The normalized spacial score (nSPS) is 11.4. The molecule has 1 N–H and O–H groups in total. The molecule has 0 radical (unpaired) electrons. The summed E-state index contributed by atoms with van der Waals surface area (Å²) in [6.45, 7) is 2.63. The maximum absolute atomic E-state index is 10.6. The fourth-order valence-corrected chi connectivity index (χ4v) is 5.11. The van der Waals surface area contributed by atoms with E-state index < -0.39 is 5.41 Å². The summed E-state index contributed by atoms with van der Waals surface area (Å²) in [5.41, 5.74) is 4.42. The topological polar surface area (TPSA) is 64.5 Å². The van der Waals surface area contributed by atoms with Crippen molar-refractivity contribution in [2.45, 2.75) is 25.6 Å². The van der Waals surface area contributed by atoms with Gasteiger partial charge < -0.3 is 14.6 Å². The highest BCUT2D eigenvalue weighted by molar-refractivity contribution is 7.80. The number of pyridine rings is 2. The molecule has 41 heavy (non-hydrogen) atoms. The molecule has 0 saturated carbocycles. The molecular formula is C35H28N2O3S. The van der Waals surface area contributed by atoms with E-state index in [4.69, 9.17) is 21.7 Å². The second-order valence-corrected chi connectivity index (χ2v) is 10.4. The van der Waals surface area contributed by atoms with Gasteiger partial charge in [0.1, 0.15) is 24.7 Å². The molecule has 6 heteroatoms. The molecule has 6 rings (SSSR count). The Hall–Kier alpha value is -4.81. The van der Waals surface area contributed by atoms with Crippen molar-refractivity contribution in [2.24, 2.45) is 0 Å². The second kappa shape index (κ2) is 11.4. The van der Waals surface area contributed by atoms with Gasteiger partial charge in [-0.15, -0.1) is 0 Å². The van der Waals surface area contributed by atoms with E-state index in [0.717, 1.165) is 44.3 Å². The van der Waals surface area contributed by atoms with E-state index in [0.29, 0.717) is 24.7 Å². The van der Waals surface area contributed by atoms with E-state index in [9.17, 15) is 5.11 Å². The SMILES string of the molecule is CC(C(O)=S)(c1ccc(OCc2ccc3ccccc3n2)cc1)c1ccc(OCc2ccc3ccccc3n2)cc1. The van der Waals surface area contributed by atoms with Gasteiger partial charge in [-0.25, -0.2) is 9.97 Å². The molecule has 0 aliphatic carbocycles. The average molecular weight is 557 g/mol. The molecule has 6 aromatic rings. The van der Waals surface area contributed by atoms with Crippen molar-refractivity contribution in [3.63, 3.8) is 0 Å². The fourth-order valence-electron chi connectivity index (χ4n) is 4.87. The number of aromatic nitrogens is 2. The van der Waals surface area contributed by atoms with E-state index >= 15 is 0 Å². The van der Waals surface area contributed by atoms with Crippen molar-refractivity contribution in [1.82, 2.24) is 9.97 Å². The Morgan fingerprint density at radius 3 is 1.44 bits per heavy atom. The summed E-state index contributed by atoms with van der Waals surface area (Å²) in [5, 5.41) is 12.7. The highest BCUT2D eigenvalue weighted by Gasteiger charge is 2.34. The van der Waals surface area contributed by atoms with E-state index in [-0.39, 0.29) is 5.05 Å². The molecule has 0 unspecified atom stereocenters. The van der Waals surface area contributed by atoms with Crippen LogP contribution in [0.4, 0.5) is 0 Å². The van der Waals surface area contributed by atoms with Crippen LogP contribution in [-0.2, 0) is 18.6 Å². The molecule has 0 spiro atoms. The third-order valence-electron chi connectivity index (χ3n) is 7.38. The number of aliphatic hydroxyl groups excluding tert-OH is 1. The van der Waals surface area contributed by atoms with Crippen molar-refractivity contribution in [2.75, 3.05) is 0 Å². The van der Waals surface area contributed by atoms with Crippen LogP contribution in [-0.4, -0.2) is 20.1 Å². The van der Waals surface area contributed by atoms with Crippen LogP contribution in [0.3, 0.4) is 0 Å². The predicted molar refractivity (Wildman–Crippen MR) is 167 cm³/mol. The van der Waals surface area contributed by atoms with Gasteiger partial charge >= 0.3 is 0 Å². The first-order valence-corrected chi connectivity index (χ1v) is 13.8. The maximum Gasteiger partial charge on any atom is 0.171 e. The summed E-state index contributed by atoms with van der Waals surface area (Å²) in [6.07, 6.45) is 0. The second-order valence-electron chi connectivity index (χ2n) is 10.0. The van der Waals surface area contributed by atoms with E-state index in [1.165, 1.54) is 0 Å². The van der Waals surface area contributed by atoms with Gasteiger partial charge in [-0.05, 0) is 78.8 Å². The molecule has 0 fully saturated rings. The van der Waals surface area contributed by atoms with Crippen LogP contribution in [0, 0.1) is 0 Å². The molecule has 4 aromatic carbocycles. The van der Waals surface area contributed by atoms with Crippen LogP contribution >= 0.6 is 12.2 Å². The molecule has 2 heterocycles. The summed E-state index contributed by atoms with van der Waals surface area (Å²) in [5.74, 6) is 1.42. The van der Waals surface area contributed by atoms with Crippen LogP contribution in [0.15, 0.2) is 121 Å². The Morgan fingerprint density at radius 2 is 1.02 bits per heavy atom. The maximum atomic E-state index is 10.6. The number of fused-ring (bicyclic) bond motifs is 2. The number of rotatable bonds is 9. The van der Waals surface area contributed by atoms with Crippen molar-refractivity contribution in [1.29, 1.82) is 0 Å². The lowest BCUT2D eigenvalue weighted by Gasteiger charge is -2.29. The number of hydrogen-bond donors (Lipinski definition) is 1. The fraction of sp³-hybridized carbons (Fsp3) is 0.114. The lowest BCUT2D eigenvalue weighted by molar-refractivity contribution is 0.301.